The molecule has 9 heteroatoms. The summed E-state index contributed by atoms with van der Waals surface area (Å²) >= 11 is 0.887. The van der Waals surface area contributed by atoms with E-state index in [0.717, 1.165) is 17.4 Å². The highest BCUT2D eigenvalue weighted by molar-refractivity contribution is 7.07. The van der Waals surface area contributed by atoms with Gasteiger partial charge in [-0.2, -0.15) is 5.26 Å². The Morgan fingerprint density at radius 2 is 1.90 bits per heavy atom. The third-order valence-corrected chi connectivity index (χ3v) is 5.02. The smallest absolute Gasteiger partial charge is 0.405 e. The monoisotopic (exact) mass is 424 g/mol. The molecular formula is C20H19F3N2O3S. The number of Topliss-reactive ketones (excluding diaryl/α,β-unsaturated/α-hetero) is 1. The summed E-state index contributed by atoms with van der Waals surface area (Å²) < 4.78 is 43.5. The van der Waals surface area contributed by atoms with Crippen LogP contribution in [-0.4, -0.2) is 16.7 Å². The van der Waals surface area contributed by atoms with Crippen LogP contribution in [0.15, 0.2) is 29.1 Å². The van der Waals surface area contributed by atoms with E-state index in [-0.39, 0.29) is 26.9 Å². The van der Waals surface area contributed by atoms with Crippen LogP contribution in [0, 0.1) is 16.7 Å². The van der Waals surface area contributed by atoms with Crippen LogP contribution in [0.2, 0.25) is 0 Å². The highest BCUT2D eigenvalue weighted by Gasteiger charge is 2.32. The Hall–Kier alpha value is -2.86. The Bertz CT molecular complexity index is 1150. The summed E-state index contributed by atoms with van der Waals surface area (Å²) in [6.07, 6.45) is -3.62. The molecule has 0 spiro atoms. The van der Waals surface area contributed by atoms with Crippen LogP contribution in [-0.2, 0) is 11.3 Å². The van der Waals surface area contributed by atoms with Crippen molar-refractivity contribution >= 4 is 28.8 Å². The summed E-state index contributed by atoms with van der Waals surface area (Å²) in [7, 11) is 0. The molecule has 1 aromatic heterocycles. The van der Waals surface area contributed by atoms with Crippen molar-refractivity contribution in [3.8, 4) is 11.8 Å². The van der Waals surface area contributed by atoms with Gasteiger partial charge in [0.15, 0.2) is 5.78 Å². The van der Waals surface area contributed by atoms with E-state index in [9.17, 15) is 28.0 Å². The van der Waals surface area contributed by atoms with Gasteiger partial charge in [0.1, 0.15) is 22.1 Å². The molecule has 2 aromatic rings. The van der Waals surface area contributed by atoms with E-state index < -0.39 is 28.9 Å². The SMILES string of the molecule is CCn1c(=C(C#N)C(=O)C(C)(C)C)sc(=Cc2ccccc2OC(F)(F)F)c1=O. The largest absolute Gasteiger partial charge is 0.573 e. The normalized spacial score (nSPS) is 13.8. The highest BCUT2D eigenvalue weighted by atomic mass is 32.1. The number of rotatable bonds is 4. The summed E-state index contributed by atoms with van der Waals surface area (Å²) in [4.78, 5) is 25.4. The molecule has 29 heavy (non-hydrogen) atoms. The average Bonchev–Trinajstić information content (AvgIpc) is 2.91. The lowest BCUT2D eigenvalue weighted by Gasteiger charge is -2.15. The standard InChI is InChI=1S/C20H19F3N2O3S/c1-5-25-17(27)15(29-18(25)13(11-24)16(26)19(2,3)4)10-12-8-6-7-9-14(12)28-20(21,22)23/h6-10H,5H2,1-4H3. The summed E-state index contributed by atoms with van der Waals surface area (Å²) in [5, 5.41) is 9.52. The van der Waals surface area contributed by atoms with Crippen molar-refractivity contribution in [3.63, 3.8) is 0 Å². The van der Waals surface area contributed by atoms with Gasteiger partial charge in [0, 0.05) is 17.5 Å². The fourth-order valence-corrected chi connectivity index (χ4v) is 3.68. The van der Waals surface area contributed by atoms with Crippen molar-refractivity contribution in [3.05, 3.63) is 49.4 Å². The van der Waals surface area contributed by atoms with E-state index in [1.807, 2.05) is 6.07 Å². The zero-order valence-electron chi connectivity index (χ0n) is 16.3. The lowest BCUT2D eigenvalue weighted by Crippen LogP contribution is -2.33. The molecule has 0 saturated carbocycles. The van der Waals surface area contributed by atoms with Gasteiger partial charge in [-0.3, -0.25) is 14.2 Å². The number of halogens is 3. The molecule has 0 aliphatic heterocycles. The number of carbonyl (C=O) groups is 1. The number of nitriles is 1. The predicted octanol–water partition coefficient (Wildman–Crippen LogP) is 2.95. The highest BCUT2D eigenvalue weighted by Crippen LogP contribution is 2.26. The zero-order chi connectivity index (χ0) is 22.0. The molecule has 0 bridgehead atoms. The van der Waals surface area contributed by atoms with Gasteiger partial charge in [-0.05, 0) is 19.1 Å². The number of nitrogens with zero attached hydrogens (tertiary/aromatic N) is 2. The number of ketones is 1. The lowest BCUT2D eigenvalue weighted by molar-refractivity contribution is -0.274. The van der Waals surface area contributed by atoms with Gasteiger partial charge >= 0.3 is 6.36 Å². The number of thiazole rings is 1. The molecule has 1 aromatic carbocycles. The number of alkyl halides is 3. The summed E-state index contributed by atoms with van der Waals surface area (Å²) in [5.74, 6) is -0.872. The predicted molar refractivity (Wildman–Crippen MR) is 104 cm³/mol. The molecule has 5 nitrogen and oxygen atoms in total. The van der Waals surface area contributed by atoms with Gasteiger partial charge in [-0.1, -0.05) is 39.0 Å². The Labute approximate surface area is 169 Å². The number of benzene rings is 1. The number of para-hydroxylation sites is 1. The summed E-state index contributed by atoms with van der Waals surface area (Å²) in [6.45, 7) is 6.85. The van der Waals surface area contributed by atoms with E-state index in [4.69, 9.17) is 0 Å². The molecule has 0 unspecified atom stereocenters. The molecule has 0 amide bonds. The maximum atomic E-state index is 12.8. The van der Waals surface area contributed by atoms with Crippen molar-refractivity contribution in [1.82, 2.24) is 4.57 Å². The molecule has 0 aliphatic rings. The first-order chi connectivity index (χ1) is 13.4. The van der Waals surface area contributed by atoms with Gasteiger partial charge in [0.2, 0.25) is 0 Å². The lowest BCUT2D eigenvalue weighted by atomic mass is 9.87. The van der Waals surface area contributed by atoms with Crippen LogP contribution in [0.5, 0.6) is 5.75 Å². The molecule has 154 valence electrons. The van der Waals surface area contributed by atoms with E-state index >= 15 is 0 Å². The van der Waals surface area contributed by atoms with Gasteiger partial charge in [0.05, 0.1) is 4.53 Å². The molecule has 0 N–H and O–H groups in total. The van der Waals surface area contributed by atoms with Gasteiger partial charge in [-0.15, -0.1) is 24.5 Å². The quantitative estimate of drug-likeness (QED) is 0.757. The Morgan fingerprint density at radius 1 is 1.28 bits per heavy atom. The number of aromatic nitrogens is 1. The minimum absolute atomic E-state index is 0.0543. The third kappa shape index (κ3) is 5.15. The van der Waals surface area contributed by atoms with Crippen LogP contribution < -0.4 is 19.5 Å². The summed E-state index contributed by atoms with van der Waals surface area (Å²) in [5.41, 5.74) is -1.43. The van der Waals surface area contributed by atoms with E-state index in [0.29, 0.717) is 0 Å². The van der Waals surface area contributed by atoms with Gasteiger partial charge in [-0.25, -0.2) is 0 Å². The van der Waals surface area contributed by atoms with Crippen LogP contribution >= 0.6 is 11.3 Å². The second-order valence-electron chi connectivity index (χ2n) is 7.12. The number of hydrogen-bond acceptors (Lipinski definition) is 5. The zero-order valence-corrected chi connectivity index (χ0v) is 17.1. The van der Waals surface area contributed by atoms with Crippen molar-refractivity contribution < 1.29 is 22.7 Å². The van der Waals surface area contributed by atoms with Crippen molar-refractivity contribution in [2.24, 2.45) is 5.41 Å². The van der Waals surface area contributed by atoms with Crippen LogP contribution in [0.3, 0.4) is 0 Å². The molecule has 0 fully saturated rings. The minimum atomic E-state index is -4.88. The maximum absolute atomic E-state index is 12.8. The summed E-state index contributed by atoms with van der Waals surface area (Å²) in [6, 6.07) is 7.29. The molecule has 0 radical (unpaired) electrons. The van der Waals surface area contributed by atoms with Crippen LogP contribution in [0.1, 0.15) is 33.3 Å². The molecule has 0 aliphatic carbocycles. The first-order valence-corrected chi connectivity index (χ1v) is 9.46. The minimum Gasteiger partial charge on any atom is -0.405 e. The van der Waals surface area contributed by atoms with E-state index in [1.165, 1.54) is 28.8 Å². The molecule has 1 heterocycles. The first kappa shape index (κ1) is 22.4. The first-order valence-electron chi connectivity index (χ1n) is 8.64. The van der Waals surface area contributed by atoms with Crippen molar-refractivity contribution in [2.45, 2.75) is 40.6 Å². The van der Waals surface area contributed by atoms with Crippen LogP contribution in [0.4, 0.5) is 13.2 Å². The number of carbonyl (C=O) groups excluding carboxylic acids is 1. The Morgan fingerprint density at radius 3 is 2.41 bits per heavy atom. The maximum Gasteiger partial charge on any atom is 0.573 e. The van der Waals surface area contributed by atoms with E-state index in [2.05, 4.69) is 4.74 Å². The molecule has 0 atom stereocenters. The number of ether oxygens (including phenoxy) is 1. The third-order valence-electron chi connectivity index (χ3n) is 3.89. The van der Waals surface area contributed by atoms with Crippen molar-refractivity contribution in [1.29, 1.82) is 5.26 Å². The number of hydrogen-bond donors (Lipinski definition) is 0. The molecular weight excluding hydrogens is 405 g/mol. The van der Waals surface area contributed by atoms with E-state index in [1.54, 1.807) is 27.7 Å². The van der Waals surface area contributed by atoms with Gasteiger partial charge in [0.25, 0.3) is 5.56 Å². The van der Waals surface area contributed by atoms with Crippen LogP contribution in [0.25, 0.3) is 11.6 Å². The van der Waals surface area contributed by atoms with Crippen molar-refractivity contribution in [2.75, 3.05) is 0 Å². The molecule has 2 rings (SSSR count). The fourth-order valence-electron chi connectivity index (χ4n) is 2.52. The topological polar surface area (TPSA) is 72.1 Å². The average molecular weight is 424 g/mol. The Kier molecular flexibility index (Phi) is 6.38. The second-order valence-corrected chi connectivity index (χ2v) is 8.15. The fraction of sp³-hybridized carbons (Fsp3) is 0.350. The second kappa shape index (κ2) is 8.25. The molecule has 0 saturated heterocycles. The Balaban J connectivity index is 2.80. The van der Waals surface area contributed by atoms with Gasteiger partial charge < -0.3 is 4.74 Å².